The van der Waals surface area contributed by atoms with E-state index >= 15 is 0 Å². The highest BCUT2D eigenvalue weighted by molar-refractivity contribution is 9.10. The van der Waals surface area contributed by atoms with Gasteiger partial charge in [0.15, 0.2) is 0 Å². The second-order valence-corrected chi connectivity index (χ2v) is 4.97. The summed E-state index contributed by atoms with van der Waals surface area (Å²) in [4.78, 5) is 0. The average Bonchev–Trinajstić information content (AvgIpc) is 2.27. The normalized spacial score (nSPS) is 12.4. The lowest BCUT2D eigenvalue weighted by atomic mass is 10.0. The first kappa shape index (κ1) is 13.2. The number of halogens is 3. The van der Waals surface area contributed by atoms with Crippen molar-refractivity contribution in [3.63, 3.8) is 0 Å². The number of aliphatic hydroxyl groups is 1. The van der Waals surface area contributed by atoms with Crippen LogP contribution in [0.15, 0.2) is 46.9 Å². The molecule has 0 bridgehead atoms. The van der Waals surface area contributed by atoms with E-state index in [9.17, 15) is 13.9 Å². The van der Waals surface area contributed by atoms with Gasteiger partial charge < -0.3 is 5.11 Å². The van der Waals surface area contributed by atoms with Gasteiger partial charge in [-0.15, -0.1) is 0 Å². The summed E-state index contributed by atoms with van der Waals surface area (Å²) < 4.78 is 27.0. The maximum Gasteiger partial charge on any atom is 0.126 e. The molecule has 2 rings (SSSR count). The number of hydrogen-bond donors (Lipinski definition) is 1. The minimum Gasteiger partial charge on any atom is -0.388 e. The van der Waals surface area contributed by atoms with Crippen molar-refractivity contribution in [1.29, 1.82) is 0 Å². The number of rotatable bonds is 3. The summed E-state index contributed by atoms with van der Waals surface area (Å²) in [5.41, 5.74) is 1.13. The summed E-state index contributed by atoms with van der Waals surface area (Å²) in [5, 5.41) is 9.97. The fraction of sp³-hybridized carbons (Fsp3) is 0.143. The molecule has 0 saturated heterocycles. The molecule has 4 heteroatoms. The molecule has 1 atom stereocenters. The van der Waals surface area contributed by atoms with Gasteiger partial charge in [0.05, 0.1) is 6.10 Å². The maximum atomic E-state index is 13.0. The van der Waals surface area contributed by atoms with Crippen LogP contribution in [0.25, 0.3) is 0 Å². The lowest BCUT2D eigenvalue weighted by Crippen LogP contribution is -2.03. The van der Waals surface area contributed by atoms with Crippen LogP contribution in [-0.4, -0.2) is 5.11 Å². The maximum absolute atomic E-state index is 13.0. The minimum absolute atomic E-state index is 0.243. The van der Waals surface area contributed by atoms with Gasteiger partial charge in [0.25, 0.3) is 0 Å². The molecule has 0 heterocycles. The van der Waals surface area contributed by atoms with E-state index in [4.69, 9.17) is 0 Å². The zero-order valence-electron chi connectivity index (χ0n) is 9.41. The van der Waals surface area contributed by atoms with Gasteiger partial charge >= 0.3 is 0 Å². The van der Waals surface area contributed by atoms with E-state index in [1.54, 1.807) is 0 Å². The van der Waals surface area contributed by atoms with Gasteiger partial charge in [-0.3, -0.25) is 0 Å². The monoisotopic (exact) mass is 312 g/mol. The zero-order valence-corrected chi connectivity index (χ0v) is 11.0. The molecule has 1 N–H and O–H groups in total. The fourth-order valence-electron chi connectivity index (χ4n) is 1.77. The molecule has 0 aliphatic carbocycles. The number of hydrogen-bond acceptors (Lipinski definition) is 1. The van der Waals surface area contributed by atoms with Crippen molar-refractivity contribution >= 4 is 15.9 Å². The van der Waals surface area contributed by atoms with E-state index in [0.717, 1.165) is 28.2 Å². The zero-order chi connectivity index (χ0) is 13.1. The van der Waals surface area contributed by atoms with Gasteiger partial charge in [-0.25, -0.2) is 8.78 Å². The van der Waals surface area contributed by atoms with Gasteiger partial charge in [0.2, 0.25) is 0 Å². The molecule has 0 fully saturated rings. The predicted molar refractivity (Wildman–Crippen MR) is 69.2 cm³/mol. The number of aliphatic hydroxyl groups excluding tert-OH is 1. The lowest BCUT2D eigenvalue weighted by molar-refractivity contribution is 0.177. The Kier molecular flexibility index (Phi) is 4.09. The first-order valence-electron chi connectivity index (χ1n) is 5.43. The van der Waals surface area contributed by atoms with Crippen LogP contribution < -0.4 is 0 Å². The molecular formula is C14H11BrF2O. The Labute approximate surface area is 112 Å². The van der Waals surface area contributed by atoms with E-state index in [-0.39, 0.29) is 5.56 Å². The summed E-state index contributed by atoms with van der Waals surface area (Å²) in [6.07, 6.45) is -0.619. The summed E-state index contributed by atoms with van der Waals surface area (Å²) in [6.45, 7) is 0. The Morgan fingerprint density at radius 3 is 2.33 bits per heavy atom. The van der Waals surface area contributed by atoms with Crippen molar-refractivity contribution < 1.29 is 13.9 Å². The van der Waals surface area contributed by atoms with Crippen molar-refractivity contribution in [3.8, 4) is 0 Å². The largest absolute Gasteiger partial charge is 0.388 e. The Hall–Kier alpha value is -1.26. The van der Waals surface area contributed by atoms with Crippen molar-refractivity contribution in [2.24, 2.45) is 0 Å². The number of benzene rings is 2. The lowest BCUT2D eigenvalue weighted by Gasteiger charge is -2.11. The molecule has 0 aromatic heterocycles. The van der Waals surface area contributed by atoms with Gasteiger partial charge in [-0.05, 0) is 35.4 Å². The molecule has 1 unspecified atom stereocenters. The van der Waals surface area contributed by atoms with Crippen LogP contribution in [-0.2, 0) is 6.42 Å². The molecule has 0 saturated carbocycles. The van der Waals surface area contributed by atoms with Crippen LogP contribution in [0.3, 0.4) is 0 Å². The SMILES string of the molecule is OC(Cc1cccc(Br)c1)c1cc(F)cc(F)c1. The van der Waals surface area contributed by atoms with Crippen LogP contribution in [0.4, 0.5) is 8.78 Å². The molecule has 0 radical (unpaired) electrons. The smallest absolute Gasteiger partial charge is 0.126 e. The first-order chi connectivity index (χ1) is 8.54. The Morgan fingerprint density at radius 1 is 1.06 bits per heavy atom. The molecule has 0 aliphatic heterocycles. The average molecular weight is 313 g/mol. The van der Waals surface area contributed by atoms with Crippen molar-refractivity contribution in [1.82, 2.24) is 0 Å². The predicted octanol–water partition coefficient (Wildman–Crippen LogP) is 4.00. The van der Waals surface area contributed by atoms with Crippen molar-refractivity contribution in [2.75, 3.05) is 0 Å². The van der Waals surface area contributed by atoms with Crippen molar-refractivity contribution in [3.05, 3.63) is 69.7 Å². The van der Waals surface area contributed by atoms with Gasteiger partial charge in [-0.1, -0.05) is 28.1 Å². The summed E-state index contributed by atoms with van der Waals surface area (Å²) in [6, 6.07) is 10.5. The fourth-order valence-corrected chi connectivity index (χ4v) is 2.22. The van der Waals surface area contributed by atoms with E-state index in [0.29, 0.717) is 6.42 Å². The Bertz CT molecular complexity index is 537. The Morgan fingerprint density at radius 2 is 1.72 bits per heavy atom. The Balaban J connectivity index is 2.19. The quantitative estimate of drug-likeness (QED) is 0.908. The van der Waals surface area contributed by atoms with Crippen LogP contribution >= 0.6 is 15.9 Å². The molecule has 2 aromatic carbocycles. The molecule has 18 heavy (non-hydrogen) atoms. The first-order valence-corrected chi connectivity index (χ1v) is 6.22. The second-order valence-electron chi connectivity index (χ2n) is 4.05. The third-order valence-electron chi connectivity index (χ3n) is 2.59. The van der Waals surface area contributed by atoms with Crippen LogP contribution in [0, 0.1) is 11.6 Å². The summed E-state index contributed by atoms with van der Waals surface area (Å²) in [5.74, 6) is -1.36. The molecule has 0 spiro atoms. The van der Waals surface area contributed by atoms with Gasteiger partial charge in [-0.2, -0.15) is 0 Å². The van der Waals surface area contributed by atoms with Crippen LogP contribution in [0.5, 0.6) is 0 Å². The van der Waals surface area contributed by atoms with E-state index < -0.39 is 17.7 Å². The third kappa shape index (κ3) is 3.37. The van der Waals surface area contributed by atoms with Crippen LogP contribution in [0.2, 0.25) is 0 Å². The van der Waals surface area contributed by atoms with Crippen LogP contribution in [0.1, 0.15) is 17.2 Å². The highest BCUT2D eigenvalue weighted by atomic mass is 79.9. The summed E-state index contributed by atoms with van der Waals surface area (Å²) >= 11 is 3.33. The van der Waals surface area contributed by atoms with Crippen molar-refractivity contribution in [2.45, 2.75) is 12.5 Å². The molecule has 94 valence electrons. The van der Waals surface area contributed by atoms with E-state index in [1.165, 1.54) is 0 Å². The molecule has 1 nitrogen and oxygen atoms in total. The molecule has 0 aliphatic rings. The molecular weight excluding hydrogens is 302 g/mol. The highest BCUT2D eigenvalue weighted by Crippen LogP contribution is 2.22. The van der Waals surface area contributed by atoms with E-state index in [2.05, 4.69) is 15.9 Å². The molecule has 0 amide bonds. The highest BCUT2D eigenvalue weighted by Gasteiger charge is 2.11. The summed E-state index contributed by atoms with van der Waals surface area (Å²) in [7, 11) is 0. The topological polar surface area (TPSA) is 20.2 Å². The third-order valence-corrected chi connectivity index (χ3v) is 3.08. The van der Waals surface area contributed by atoms with Gasteiger partial charge in [0, 0.05) is 17.0 Å². The molecule has 2 aromatic rings. The standard InChI is InChI=1S/C14H11BrF2O/c15-11-3-1-2-9(4-11)5-14(18)10-6-12(16)8-13(17)7-10/h1-4,6-8,14,18H,5H2. The van der Waals surface area contributed by atoms with E-state index in [1.807, 2.05) is 24.3 Å². The van der Waals surface area contributed by atoms with Gasteiger partial charge in [0.1, 0.15) is 11.6 Å². The minimum atomic E-state index is -0.926. The second kappa shape index (κ2) is 5.59.